The van der Waals surface area contributed by atoms with Gasteiger partial charge in [-0.2, -0.15) is 0 Å². The number of nitrogens with one attached hydrogen (secondary N) is 1. The predicted molar refractivity (Wildman–Crippen MR) is 72.7 cm³/mol. The van der Waals surface area contributed by atoms with E-state index in [1.807, 2.05) is 18.2 Å². The molecule has 0 amide bonds. The van der Waals surface area contributed by atoms with E-state index < -0.39 is 0 Å². The van der Waals surface area contributed by atoms with Crippen molar-refractivity contribution < 1.29 is 9.53 Å². The Balaban J connectivity index is 1.63. The van der Waals surface area contributed by atoms with Crippen molar-refractivity contribution in [2.45, 2.75) is 6.54 Å². The van der Waals surface area contributed by atoms with Gasteiger partial charge in [0.25, 0.3) is 0 Å². The zero-order valence-electron chi connectivity index (χ0n) is 10.6. The van der Waals surface area contributed by atoms with Gasteiger partial charge < -0.3 is 10.1 Å². The maximum atomic E-state index is 11.6. The molecule has 2 aromatic rings. The second-order valence-corrected chi connectivity index (χ2v) is 4.04. The molecular weight excluding hydrogens is 240 g/mol. The number of rotatable bonds is 6. The van der Waals surface area contributed by atoms with Gasteiger partial charge in [0.1, 0.15) is 6.61 Å². The van der Waals surface area contributed by atoms with Crippen molar-refractivity contribution >= 4 is 5.97 Å². The lowest BCUT2D eigenvalue weighted by Crippen LogP contribution is -2.21. The van der Waals surface area contributed by atoms with Gasteiger partial charge in [-0.25, -0.2) is 4.79 Å². The second-order valence-electron chi connectivity index (χ2n) is 4.04. The van der Waals surface area contributed by atoms with Crippen LogP contribution in [-0.2, 0) is 11.3 Å². The minimum atomic E-state index is -0.338. The number of benzene rings is 1. The number of hydrogen-bond acceptors (Lipinski definition) is 4. The Morgan fingerprint density at radius 3 is 2.74 bits per heavy atom. The molecule has 0 saturated heterocycles. The predicted octanol–water partition coefficient (Wildman–Crippen LogP) is 2.03. The number of hydrogen-bond donors (Lipinski definition) is 1. The third kappa shape index (κ3) is 4.52. The normalized spacial score (nSPS) is 10.1. The first kappa shape index (κ1) is 13.2. The SMILES string of the molecule is O=C(OCCNCc1ccccc1)c1cccnc1. The van der Waals surface area contributed by atoms with Gasteiger partial charge in [-0.15, -0.1) is 0 Å². The van der Waals surface area contributed by atoms with Crippen molar-refractivity contribution in [3.8, 4) is 0 Å². The Labute approximate surface area is 112 Å². The van der Waals surface area contributed by atoms with Gasteiger partial charge in [0.2, 0.25) is 0 Å². The molecule has 0 aliphatic heterocycles. The Kier molecular flexibility index (Phi) is 5.07. The zero-order chi connectivity index (χ0) is 13.3. The van der Waals surface area contributed by atoms with Crippen molar-refractivity contribution in [3.05, 3.63) is 66.0 Å². The molecule has 0 spiro atoms. The van der Waals surface area contributed by atoms with Gasteiger partial charge in [0.15, 0.2) is 0 Å². The van der Waals surface area contributed by atoms with Gasteiger partial charge >= 0.3 is 5.97 Å². The highest BCUT2D eigenvalue weighted by Crippen LogP contribution is 1.99. The van der Waals surface area contributed by atoms with E-state index in [1.54, 1.807) is 18.3 Å². The monoisotopic (exact) mass is 256 g/mol. The van der Waals surface area contributed by atoms with Crippen LogP contribution in [0.25, 0.3) is 0 Å². The van der Waals surface area contributed by atoms with Crippen LogP contribution in [0.3, 0.4) is 0 Å². The molecule has 1 heterocycles. The molecule has 0 radical (unpaired) electrons. The summed E-state index contributed by atoms with van der Waals surface area (Å²) in [5.41, 5.74) is 1.69. The van der Waals surface area contributed by atoms with E-state index in [9.17, 15) is 4.79 Å². The Hall–Kier alpha value is -2.20. The maximum Gasteiger partial charge on any atom is 0.339 e. The van der Waals surface area contributed by atoms with Crippen LogP contribution < -0.4 is 5.32 Å². The number of ether oxygens (including phenoxy) is 1. The summed E-state index contributed by atoms with van der Waals surface area (Å²) in [6.07, 6.45) is 3.12. The van der Waals surface area contributed by atoms with Gasteiger partial charge in [-0.3, -0.25) is 4.98 Å². The summed E-state index contributed by atoms with van der Waals surface area (Å²) in [7, 11) is 0. The van der Waals surface area contributed by atoms with Crippen LogP contribution in [0.15, 0.2) is 54.9 Å². The summed E-state index contributed by atoms with van der Waals surface area (Å²) in [4.78, 5) is 15.5. The van der Waals surface area contributed by atoms with Gasteiger partial charge in [0, 0.05) is 25.5 Å². The van der Waals surface area contributed by atoms with Gasteiger partial charge in [-0.05, 0) is 17.7 Å². The topological polar surface area (TPSA) is 51.2 Å². The molecule has 0 bridgehead atoms. The molecule has 98 valence electrons. The molecule has 4 nitrogen and oxygen atoms in total. The molecule has 0 saturated carbocycles. The van der Waals surface area contributed by atoms with E-state index in [4.69, 9.17) is 4.74 Å². The largest absolute Gasteiger partial charge is 0.461 e. The van der Waals surface area contributed by atoms with E-state index in [1.165, 1.54) is 11.8 Å². The number of aromatic nitrogens is 1. The lowest BCUT2D eigenvalue weighted by Gasteiger charge is -2.06. The summed E-state index contributed by atoms with van der Waals surface area (Å²) in [6.45, 7) is 1.74. The second kappa shape index (κ2) is 7.28. The highest BCUT2D eigenvalue weighted by atomic mass is 16.5. The molecule has 19 heavy (non-hydrogen) atoms. The number of carbonyl (C=O) groups is 1. The Morgan fingerprint density at radius 1 is 1.16 bits per heavy atom. The average Bonchev–Trinajstić information content (AvgIpc) is 2.49. The van der Waals surface area contributed by atoms with Crippen LogP contribution in [0.1, 0.15) is 15.9 Å². The van der Waals surface area contributed by atoms with Gasteiger partial charge in [0.05, 0.1) is 5.56 Å². The molecule has 4 heteroatoms. The van der Waals surface area contributed by atoms with Crippen LogP contribution in [0.2, 0.25) is 0 Å². The minimum Gasteiger partial charge on any atom is -0.461 e. The first-order valence-electron chi connectivity index (χ1n) is 6.18. The molecule has 1 N–H and O–H groups in total. The van der Waals surface area contributed by atoms with E-state index in [-0.39, 0.29) is 5.97 Å². The maximum absolute atomic E-state index is 11.6. The molecular formula is C15H16N2O2. The third-order valence-corrected chi connectivity index (χ3v) is 2.58. The highest BCUT2D eigenvalue weighted by molar-refractivity contribution is 5.88. The van der Waals surface area contributed by atoms with Crippen molar-refractivity contribution in [2.75, 3.05) is 13.2 Å². The van der Waals surface area contributed by atoms with Crippen LogP contribution in [-0.4, -0.2) is 24.1 Å². The van der Waals surface area contributed by atoms with Crippen LogP contribution in [0, 0.1) is 0 Å². The molecule has 0 atom stereocenters. The van der Waals surface area contributed by atoms with Crippen LogP contribution in [0.5, 0.6) is 0 Å². The molecule has 2 rings (SSSR count). The first-order valence-corrected chi connectivity index (χ1v) is 6.18. The number of nitrogens with zero attached hydrogens (tertiary/aromatic N) is 1. The van der Waals surface area contributed by atoms with E-state index >= 15 is 0 Å². The average molecular weight is 256 g/mol. The molecule has 0 aliphatic rings. The van der Waals surface area contributed by atoms with Crippen molar-refractivity contribution in [1.29, 1.82) is 0 Å². The Bertz CT molecular complexity index is 500. The molecule has 0 fully saturated rings. The quantitative estimate of drug-likeness (QED) is 0.634. The number of pyridine rings is 1. The fourth-order valence-corrected chi connectivity index (χ4v) is 1.61. The summed E-state index contributed by atoms with van der Waals surface area (Å²) in [5, 5.41) is 3.22. The van der Waals surface area contributed by atoms with Crippen LogP contribution >= 0.6 is 0 Å². The van der Waals surface area contributed by atoms with E-state index in [2.05, 4.69) is 22.4 Å². The van der Waals surface area contributed by atoms with E-state index in [0.717, 1.165) is 6.54 Å². The smallest absolute Gasteiger partial charge is 0.339 e. The fourth-order valence-electron chi connectivity index (χ4n) is 1.61. The summed E-state index contributed by atoms with van der Waals surface area (Å²) >= 11 is 0. The first-order chi connectivity index (χ1) is 9.36. The fraction of sp³-hybridized carbons (Fsp3) is 0.200. The lowest BCUT2D eigenvalue weighted by molar-refractivity contribution is 0.0508. The molecule has 1 aromatic carbocycles. The van der Waals surface area contributed by atoms with Crippen molar-refractivity contribution in [1.82, 2.24) is 10.3 Å². The number of carbonyl (C=O) groups excluding carboxylic acids is 1. The zero-order valence-corrected chi connectivity index (χ0v) is 10.6. The standard InChI is InChI=1S/C15H16N2O2/c18-15(14-7-4-8-16-12-14)19-10-9-17-11-13-5-2-1-3-6-13/h1-8,12,17H,9-11H2. The molecule has 0 unspecified atom stereocenters. The summed E-state index contributed by atoms with van der Waals surface area (Å²) in [5.74, 6) is -0.338. The Morgan fingerprint density at radius 2 is 2.00 bits per heavy atom. The molecule has 1 aromatic heterocycles. The van der Waals surface area contributed by atoms with Crippen molar-refractivity contribution in [3.63, 3.8) is 0 Å². The lowest BCUT2D eigenvalue weighted by atomic mass is 10.2. The minimum absolute atomic E-state index is 0.338. The van der Waals surface area contributed by atoms with Crippen molar-refractivity contribution in [2.24, 2.45) is 0 Å². The number of esters is 1. The molecule has 0 aliphatic carbocycles. The van der Waals surface area contributed by atoms with Crippen LogP contribution in [0.4, 0.5) is 0 Å². The van der Waals surface area contributed by atoms with Gasteiger partial charge in [-0.1, -0.05) is 30.3 Å². The summed E-state index contributed by atoms with van der Waals surface area (Å²) in [6, 6.07) is 13.5. The highest BCUT2D eigenvalue weighted by Gasteiger charge is 2.05. The van der Waals surface area contributed by atoms with E-state index in [0.29, 0.717) is 18.7 Å². The third-order valence-electron chi connectivity index (χ3n) is 2.58. The summed E-state index contributed by atoms with van der Waals surface area (Å²) < 4.78 is 5.12.